The Hall–Kier alpha value is -2.51. The minimum atomic E-state index is -0.486. The summed E-state index contributed by atoms with van der Waals surface area (Å²) in [5, 5.41) is 4.78. The molecule has 2 N–H and O–H groups in total. The van der Waals surface area contributed by atoms with E-state index >= 15 is 0 Å². The van der Waals surface area contributed by atoms with Gasteiger partial charge in [-0.05, 0) is 36.1 Å². The van der Waals surface area contributed by atoms with Crippen molar-refractivity contribution in [2.45, 2.75) is 13.5 Å². The van der Waals surface area contributed by atoms with Crippen LogP contribution in [0.5, 0.6) is 0 Å². The highest BCUT2D eigenvalue weighted by Gasteiger charge is 2.18. The number of ether oxygens (including phenoxy) is 1. The molecule has 3 aromatic rings. The van der Waals surface area contributed by atoms with Crippen LogP contribution in [0, 0.1) is 6.92 Å². The molecule has 7 heteroatoms. The summed E-state index contributed by atoms with van der Waals surface area (Å²) in [5.41, 5.74) is 8.07. The standard InChI is InChI=1S/C17H14N2O3S2/c1-10-14(24-16(19-10)13-6-7-23-9-13)17(21)22-8-11-2-4-12(5-3-11)15(18)20/h2-7,9H,8H2,1H3,(H2,18,20). The Balaban J connectivity index is 1.68. The van der Waals surface area contributed by atoms with E-state index in [2.05, 4.69) is 4.98 Å². The zero-order chi connectivity index (χ0) is 17.1. The van der Waals surface area contributed by atoms with E-state index in [0.717, 1.165) is 16.1 Å². The molecular formula is C17H14N2O3S2. The van der Waals surface area contributed by atoms with Gasteiger partial charge in [0.25, 0.3) is 0 Å². The molecule has 2 heterocycles. The fraction of sp³-hybridized carbons (Fsp3) is 0.118. The van der Waals surface area contributed by atoms with Crippen molar-refractivity contribution in [3.05, 3.63) is 62.8 Å². The van der Waals surface area contributed by atoms with E-state index < -0.39 is 11.9 Å². The minimum Gasteiger partial charge on any atom is -0.457 e. The lowest BCUT2D eigenvalue weighted by molar-refractivity contribution is 0.0477. The average Bonchev–Trinajstić information content (AvgIpc) is 3.22. The molecular weight excluding hydrogens is 344 g/mol. The Morgan fingerprint density at radius 3 is 2.58 bits per heavy atom. The van der Waals surface area contributed by atoms with Crippen molar-refractivity contribution in [3.63, 3.8) is 0 Å². The van der Waals surface area contributed by atoms with Crippen LogP contribution in [0.2, 0.25) is 0 Å². The molecule has 0 aliphatic heterocycles. The second kappa shape index (κ2) is 6.94. The maximum atomic E-state index is 12.3. The van der Waals surface area contributed by atoms with Gasteiger partial charge in [-0.2, -0.15) is 11.3 Å². The fourth-order valence-electron chi connectivity index (χ4n) is 2.08. The van der Waals surface area contributed by atoms with Crippen LogP contribution < -0.4 is 5.73 Å². The molecule has 0 fully saturated rings. The molecule has 5 nitrogen and oxygen atoms in total. The number of benzene rings is 1. The molecule has 0 aliphatic carbocycles. The fourth-order valence-corrected chi connectivity index (χ4v) is 3.75. The van der Waals surface area contributed by atoms with Crippen molar-refractivity contribution < 1.29 is 14.3 Å². The van der Waals surface area contributed by atoms with Crippen LogP contribution in [0.25, 0.3) is 10.6 Å². The third-order valence-electron chi connectivity index (χ3n) is 3.36. The van der Waals surface area contributed by atoms with Crippen LogP contribution in [0.3, 0.4) is 0 Å². The summed E-state index contributed by atoms with van der Waals surface area (Å²) in [6, 6.07) is 8.61. The van der Waals surface area contributed by atoms with Gasteiger partial charge < -0.3 is 10.5 Å². The summed E-state index contributed by atoms with van der Waals surface area (Å²) in [6.07, 6.45) is 0. The second-order valence-corrected chi connectivity index (χ2v) is 6.86. The third kappa shape index (κ3) is 3.52. The zero-order valence-corrected chi connectivity index (χ0v) is 14.4. The van der Waals surface area contributed by atoms with Crippen LogP contribution in [0.15, 0.2) is 41.1 Å². The Morgan fingerprint density at radius 1 is 1.21 bits per heavy atom. The van der Waals surface area contributed by atoms with Gasteiger partial charge in [0, 0.05) is 16.5 Å². The van der Waals surface area contributed by atoms with E-state index in [9.17, 15) is 9.59 Å². The van der Waals surface area contributed by atoms with Gasteiger partial charge in [0.15, 0.2) is 0 Å². The quantitative estimate of drug-likeness (QED) is 0.706. The highest BCUT2D eigenvalue weighted by molar-refractivity contribution is 7.17. The van der Waals surface area contributed by atoms with Gasteiger partial charge in [-0.25, -0.2) is 9.78 Å². The van der Waals surface area contributed by atoms with Gasteiger partial charge in [0.1, 0.15) is 16.5 Å². The lowest BCUT2D eigenvalue weighted by Gasteiger charge is -2.04. The molecule has 2 aromatic heterocycles. The van der Waals surface area contributed by atoms with Crippen LogP contribution in [-0.4, -0.2) is 16.9 Å². The number of amides is 1. The number of nitrogens with zero attached hydrogens (tertiary/aromatic N) is 1. The molecule has 0 bridgehead atoms. The van der Waals surface area contributed by atoms with Crippen molar-refractivity contribution in [1.29, 1.82) is 0 Å². The van der Waals surface area contributed by atoms with Crippen LogP contribution in [0.4, 0.5) is 0 Å². The maximum Gasteiger partial charge on any atom is 0.350 e. The lowest BCUT2D eigenvalue weighted by Crippen LogP contribution is -2.10. The molecule has 1 aromatic carbocycles. The van der Waals surface area contributed by atoms with Gasteiger partial charge in [-0.3, -0.25) is 4.79 Å². The van der Waals surface area contributed by atoms with Crippen molar-refractivity contribution in [2.24, 2.45) is 5.73 Å². The number of hydrogen-bond acceptors (Lipinski definition) is 6. The molecule has 24 heavy (non-hydrogen) atoms. The first kappa shape index (κ1) is 16.4. The largest absolute Gasteiger partial charge is 0.457 e. The van der Waals surface area contributed by atoms with Crippen molar-refractivity contribution >= 4 is 34.6 Å². The van der Waals surface area contributed by atoms with Gasteiger partial charge in [0.05, 0.1) is 5.69 Å². The Labute approximate surface area is 146 Å². The van der Waals surface area contributed by atoms with E-state index in [4.69, 9.17) is 10.5 Å². The predicted molar refractivity (Wildman–Crippen MR) is 94.2 cm³/mol. The molecule has 0 atom stereocenters. The number of nitrogens with two attached hydrogens (primary N) is 1. The van der Waals surface area contributed by atoms with E-state index in [1.807, 2.05) is 16.8 Å². The molecule has 0 aliphatic rings. The van der Waals surface area contributed by atoms with E-state index in [0.29, 0.717) is 16.1 Å². The third-order valence-corrected chi connectivity index (χ3v) is 5.23. The Bertz CT molecular complexity index is 868. The van der Waals surface area contributed by atoms with Crippen LogP contribution in [-0.2, 0) is 11.3 Å². The summed E-state index contributed by atoms with van der Waals surface area (Å²) in [6.45, 7) is 1.92. The monoisotopic (exact) mass is 358 g/mol. The maximum absolute atomic E-state index is 12.3. The summed E-state index contributed by atoms with van der Waals surface area (Å²) in [5.74, 6) is -0.884. The summed E-state index contributed by atoms with van der Waals surface area (Å²) in [4.78, 5) is 28.2. The highest BCUT2D eigenvalue weighted by atomic mass is 32.1. The minimum absolute atomic E-state index is 0.128. The molecule has 0 radical (unpaired) electrons. The molecule has 0 saturated carbocycles. The van der Waals surface area contributed by atoms with Crippen molar-refractivity contribution in [3.8, 4) is 10.6 Å². The van der Waals surface area contributed by atoms with Crippen LogP contribution in [0.1, 0.15) is 31.3 Å². The number of thiophene rings is 1. The Morgan fingerprint density at radius 2 is 1.96 bits per heavy atom. The van der Waals surface area contributed by atoms with E-state index in [1.54, 1.807) is 42.5 Å². The number of primary amides is 1. The van der Waals surface area contributed by atoms with Gasteiger partial charge in [0.2, 0.25) is 5.91 Å². The first-order valence-electron chi connectivity index (χ1n) is 7.10. The summed E-state index contributed by atoms with van der Waals surface area (Å²) in [7, 11) is 0. The first-order valence-corrected chi connectivity index (χ1v) is 8.86. The molecule has 0 saturated heterocycles. The van der Waals surface area contributed by atoms with Gasteiger partial charge in [-0.1, -0.05) is 12.1 Å². The lowest BCUT2D eigenvalue weighted by atomic mass is 10.1. The number of hydrogen-bond donors (Lipinski definition) is 1. The summed E-state index contributed by atoms with van der Waals surface area (Å²) >= 11 is 2.91. The molecule has 0 unspecified atom stereocenters. The number of carbonyl (C=O) groups is 2. The van der Waals surface area contributed by atoms with E-state index in [1.165, 1.54) is 11.3 Å². The van der Waals surface area contributed by atoms with Gasteiger partial charge >= 0.3 is 5.97 Å². The number of thiazole rings is 1. The molecule has 0 spiro atoms. The SMILES string of the molecule is Cc1nc(-c2ccsc2)sc1C(=O)OCc1ccc(C(N)=O)cc1. The number of rotatable bonds is 5. The number of carbonyl (C=O) groups excluding carboxylic acids is 2. The Kier molecular flexibility index (Phi) is 4.73. The number of aryl methyl sites for hydroxylation is 1. The molecule has 122 valence electrons. The average molecular weight is 358 g/mol. The molecule has 3 rings (SSSR count). The zero-order valence-electron chi connectivity index (χ0n) is 12.8. The molecule has 1 amide bonds. The van der Waals surface area contributed by atoms with Crippen molar-refractivity contribution in [2.75, 3.05) is 0 Å². The van der Waals surface area contributed by atoms with Gasteiger partial charge in [-0.15, -0.1) is 11.3 Å². The summed E-state index contributed by atoms with van der Waals surface area (Å²) < 4.78 is 5.34. The highest BCUT2D eigenvalue weighted by Crippen LogP contribution is 2.29. The predicted octanol–water partition coefficient (Wildman–Crippen LogP) is 3.64. The topological polar surface area (TPSA) is 82.3 Å². The normalized spacial score (nSPS) is 10.5. The second-order valence-electron chi connectivity index (χ2n) is 5.08. The first-order chi connectivity index (χ1) is 11.5. The number of aromatic nitrogens is 1. The van der Waals surface area contributed by atoms with E-state index in [-0.39, 0.29) is 6.61 Å². The van der Waals surface area contributed by atoms with Crippen molar-refractivity contribution in [1.82, 2.24) is 4.98 Å². The number of esters is 1. The smallest absolute Gasteiger partial charge is 0.350 e. The van der Waals surface area contributed by atoms with Crippen LogP contribution >= 0.6 is 22.7 Å².